The molecule has 5 rings (SSSR count). The molecule has 1 unspecified atom stereocenters. The van der Waals surface area contributed by atoms with Gasteiger partial charge in [-0.3, -0.25) is 24.6 Å². The first-order valence-electron chi connectivity index (χ1n) is 11.4. The fraction of sp³-hybridized carbons (Fsp3) is 0.522. The van der Waals surface area contributed by atoms with Gasteiger partial charge < -0.3 is 9.64 Å². The quantitative estimate of drug-likeness (QED) is 0.646. The molecule has 9 nitrogen and oxygen atoms in total. The Morgan fingerprint density at radius 2 is 2.09 bits per heavy atom. The van der Waals surface area contributed by atoms with Crippen LogP contribution in [0, 0.1) is 6.92 Å². The molecular formula is C23H27N5O4S. The summed E-state index contributed by atoms with van der Waals surface area (Å²) in [5.41, 5.74) is 2.45. The molecule has 0 spiro atoms. The van der Waals surface area contributed by atoms with Crippen molar-refractivity contribution in [2.45, 2.75) is 64.2 Å². The van der Waals surface area contributed by atoms with Crippen LogP contribution in [-0.4, -0.2) is 62.3 Å². The Hall–Kier alpha value is -2.85. The van der Waals surface area contributed by atoms with Crippen LogP contribution in [-0.2, 0) is 22.7 Å². The Morgan fingerprint density at radius 1 is 1.21 bits per heavy atom. The maximum atomic E-state index is 12.9. The number of nitrogens with one attached hydrogen (secondary N) is 1. The lowest BCUT2D eigenvalue weighted by Crippen LogP contribution is -2.52. The van der Waals surface area contributed by atoms with E-state index in [-0.39, 0.29) is 18.2 Å². The first-order chi connectivity index (χ1) is 16.0. The number of piperidine rings is 2. The van der Waals surface area contributed by atoms with Crippen LogP contribution in [0.15, 0.2) is 18.2 Å². The predicted molar refractivity (Wildman–Crippen MR) is 121 cm³/mol. The average Bonchev–Trinajstić information content (AvgIpc) is 3.35. The molecule has 33 heavy (non-hydrogen) atoms. The molecule has 4 heterocycles. The van der Waals surface area contributed by atoms with E-state index in [2.05, 4.69) is 19.8 Å². The van der Waals surface area contributed by atoms with Crippen LogP contribution in [0.25, 0.3) is 0 Å². The maximum Gasteiger partial charge on any atom is 0.255 e. The van der Waals surface area contributed by atoms with Crippen molar-refractivity contribution in [3.63, 3.8) is 0 Å². The van der Waals surface area contributed by atoms with Crippen LogP contribution in [0.3, 0.4) is 0 Å². The van der Waals surface area contributed by atoms with Crippen molar-refractivity contribution in [2.24, 2.45) is 0 Å². The van der Waals surface area contributed by atoms with Gasteiger partial charge in [-0.25, -0.2) is 0 Å². The Labute approximate surface area is 196 Å². The first kappa shape index (κ1) is 22.0. The molecular weight excluding hydrogens is 442 g/mol. The van der Waals surface area contributed by atoms with Gasteiger partial charge in [0.2, 0.25) is 11.8 Å². The molecule has 2 saturated heterocycles. The summed E-state index contributed by atoms with van der Waals surface area (Å²) in [4.78, 5) is 41.8. The monoisotopic (exact) mass is 469 g/mol. The summed E-state index contributed by atoms with van der Waals surface area (Å²) in [5.74, 6) is -0.117. The molecule has 1 aromatic heterocycles. The van der Waals surface area contributed by atoms with Crippen molar-refractivity contribution in [3.8, 4) is 5.75 Å². The van der Waals surface area contributed by atoms with Crippen LogP contribution in [0.2, 0.25) is 0 Å². The second kappa shape index (κ2) is 9.18. The van der Waals surface area contributed by atoms with Gasteiger partial charge in [-0.05, 0) is 68.0 Å². The predicted octanol–water partition coefficient (Wildman–Crippen LogP) is 2.04. The minimum atomic E-state index is -0.604. The normalized spacial score (nSPS) is 23.5. The summed E-state index contributed by atoms with van der Waals surface area (Å²) in [6.45, 7) is 4.81. The Kier molecular flexibility index (Phi) is 6.11. The van der Waals surface area contributed by atoms with E-state index in [9.17, 15) is 14.4 Å². The highest BCUT2D eigenvalue weighted by Crippen LogP contribution is 2.31. The molecule has 10 heteroatoms. The van der Waals surface area contributed by atoms with Gasteiger partial charge in [-0.15, -0.1) is 5.10 Å². The minimum Gasteiger partial charge on any atom is -0.492 e. The van der Waals surface area contributed by atoms with Crippen LogP contribution in [0.5, 0.6) is 5.75 Å². The highest BCUT2D eigenvalue weighted by atomic mass is 32.1. The van der Waals surface area contributed by atoms with E-state index >= 15 is 0 Å². The summed E-state index contributed by atoms with van der Waals surface area (Å²) in [6, 6.07) is 5.23. The molecule has 3 amide bonds. The SMILES string of the molecule is Cc1nnsc1CN1CCCC[C@H]1COc1ccc2c(c1)CN(C1CCC(=O)NC1=O)C2=O. The minimum absolute atomic E-state index is 0.168. The van der Waals surface area contributed by atoms with E-state index < -0.39 is 11.9 Å². The van der Waals surface area contributed by atoms with Gasteiger partial charge in [0.15, 0.2) is 0 Å². The summed E-state index contributed by atoms with van der Waals surface area (Å²) >= 11 is 1.46. The molecule has 0 bridgehead atoms. The summed E-state index contributed by atoms with van der Waals surface area (Å²) in [5, 5.41) is 6.46. The number of hydrogen-bond acceptors (Lipinski definition) is 8. The number of imide groups is 1. The maximum absolute atomic E-state index is 12.9. The number of carbonyl (C=O) groups is 3. The lowest BCUT2D eigenvalue weighted by molar-refractivity contribution is -0.136. The van der Waals surface area contributed by atoms with Crippen LogP contribution in [0.4, 0.5) is 0 Å². The number of benzene rings is 1. The highest BCUT2D eigenvalue weighted by Gasteiger charge is 2.39. The topological polar surface area (TPSA) is 105 Å². The molecule has 174 valence electrons. The number of hydrogen-bond donors (Lipinski definition) is 1. The molecule has 3 aliphatic heterocycles. The summed E-state index contributed by atoms with van der Waals surface area (Å²) in [7, 11) is 0. The third-order valence-electron chi connectivity index (χ3n) is 6.78. The molecule has 0 aliphatic carbocycles. The molecule has 3 aliphatic rings. The third kappa shape index (κ3) is 4.49. The summed E-state index contributed by atoms with van der Waals surface area (Å²) in [6.07, 6.45) is 4.06. The summed E-state index contributed by atoms with van der Waals surface area (Å²) < 4.78 is 10.2. The second-order valence-electron chi connectivity index (χ2n) is 8.93. The van der Waals surface area contributed by atoms with Gasteiger partial charge in [0.1, 0.15) is 18.4 Å². The van der Waals surface area contributed by atoms with Crippen molar-refractivity contribution in [3.05, 3.63) is 39.9 Å². The van der Waals surface area contributed by atoms with Crippen molar-refractivity contribution >= 4 is 29.3 Å². The van der Waals surface area contributed by atoms with Gasteiger partial charge in [-0.2, -0.15) is 0 Å². The molecule has 0 radical (unpaired) electrons. The third-order valence-corrected chi connectivity index (χ3v) is 7.59. The zero-order valence-corrected chi connectivity index (χ0v) is 19.4. The lowest BCUT2D eigenvalue weighted by Gasteiger charge is -2.35. The van der Waals surface area contributed by atoms with Gasteiger partial charge in [0.25, 0.3) is 5.91 Å². The van der Waals surface area contributed by atoms with Crippen molar-refractivity contribution in [1.82, 2.24) is 24.7 Å². The fourth-order valence-corrected chi connectivity index (χ4v) is 5.53. The van der Waals surface area contributed by atoms with Gasteiger partial charge in [0, 0.05) is 31.1 Å². The molecule has 1 N–H and O–H groups in total. The van der Waals surface area contributed by atoms with Gasteiger partial charge in [0.05, 0.1) is 10.6 Å². The molecule has 2 fully saturated rings. The lowest BCUT2D eigenvalue weighted by atomic mass is 10.0. The standard InChI is InChI=1S/C23H27N5O4S/c1-14-20(33-26-25-14)12-27-9-3-2-4-16(27)13-32-17-5-6-18-15(10-17)11-28(23(18)31)19-7-8-21(29)24-22(19)30/h5-6,10,16,19H,2-4,7-9,11-13H2,1H3,(H,24,29,30)/t16-,19?/m0/s1. The number of fused-ring (bicyclic) bond motifs is 1. The largest absolute Gasteiger partial charge is 0.492 e. The van der Waals surface area contributed by atoms with E-state index in [1.165, 1.54) is 29.3 Å². The number of likely N-dealkylation sites (tertiary alicyclic amines) is 1. The zero-order chi connectivity index (χ0) is 22.9. The number of nitrogens with zero attached hydrogens (tertiary/aromatic N) is 4. The van der Waals surface area contributed by atoms with Crippen LogP contribution in [0.1, 0.15) is 58.6 Å². The average molecular weight is 470 g/mol. The Morgan fingerprint density at radius 3 is 2.88 bits per heavy atom. The highest BCUT2D eigenvalue weighted by molar-refractivity contribution is 7.05. The smallest absolute Gasteiger partial charge is 0.255 e. The first-order valence-corrected chi connectivity index (χ1v) is 12.2. The Bertz CT molecular complexity index is 1090. The zero-order valence-electron chi connectivity index (χ0n) is 18.6. The Balaban J connectivity index is 1.23. The molecule has 0 saturated carbocycles. The van der Waals surface area contributed by atoms with Crippen LogP contribution < -0.4 is 10.1 Å². The molecule has 1 aromatic carbocycles. The van der Waals surface area contributed by atoms with E-state index in [1.54, 1.807) is 11.0 Å². The second-order valence-corrected chi connectivity index (χ2v) is 9.77. The van der Waals surface area contributed by atoms with Gasteiger partial charge >= 0.3 is 0 Å². The van der Waals surface area contributed by atoms with E-state index in [0.717, 1.165) is 36.5 Å². The number of ether oxygens (including phenoxy) is 1. The molecule has 2 atom stereocenters. The number of aryl methyl sites for hydroxylation is 1. The fourth-order valence-electron chi connectivity index (χ4n) is 4.87. The van der Waals surface area contributed by atoms with Crippen molar-refractivity contribution in [1.29, 1.82) is 0 Å². The van der Waals surface area contributed by atoms with Crippen molar-refractivity contribution in [2.75, 3.05) is 13.2 Å². The number of aromatic nitrogens is 2. The van der Waals surface area contributed by atoms with E-state index in [4.69, 9.17) is 4.74 Å². The van der Waals surface area contributed by atoms with Gasteiger partial charge in [-0.1, -0.05) is 10.9 Å². The number of amides is 3. The molecule has 2 aromatic rings. The van der Waals surface area contributed by atoms with E-state index in [0.29, 0.717) is 31.2 Å². The van der Waals surface area contributed by atoms with Crippen molar-refractivity contribution < 1.29 is 19.1 Å². The number of rotatable bonds is 6. The number of carbonyl (C=O) groups excluding carboxylic acids is 3. The van der Waals surface area contributed by atoms with E-state index in [1.807, 2.05) is 19.1 Å². The van der Waals surface area contributed by atoms with Crippen LogP contribution >= 0.6 is 11.5 Å².